The number of H-pyrrole nitrogens is 1. The molecule has 2 N–H and O–H groups in total. The Morgan fingerprint density at radius 3 is 2.33 bits per heavy atom. The highest BCUT2D eigenvalue weighted by molar-refractivity contribution is 6.18. The summed E-state index contributed by atoms with van der Waals surface area (Å²) >= 11 is 0. The van der Waals surface area contributed by atoms with Gasteiger partial charge in [0.15, 0.2) is 0 Å². The maximum Gasteiger partial charge on any atom is 0.338 e. The van der Waals surface area contributed by atoms with Gasteiger partial charge in [-0.2, -0.15) is 0 Å². The zero-order chi connectivity index (χ0) is 15.0. The van der Waals surface area contributed by atoms with Crippen molar-refractivity contribution in [2.75, 3.05) is 0 Å². The Balaban J connectivity index is 2.19. The number of fused-ring (bicyclic) bond motifs is 1. The molecule has 0 unspecified atom stereocenters. The minimum atomic E-state index is -1.11. The summed E-state index contributed by atoms with van der Waals surface area (Å²) in [5.41, 5.74) is 2.30. The molecule has 0 amide bonds. The largest absolute Gasteiger partial charge is 0.478 e. The minimum absolute atomic E-state index is 0.0242. The number of para-hydroxylation sites is 1. The maximum atomic E-state index is 12.6. The summed E-state index contributed by atoms with van der Waals surface area (Å²) in [6.07, 6.45) is 0. The number of carboxylic acid groups (broad SMARTS) is 1. The molecule has 0 aliphatic heterocycles. The van der Waals surface area contributed by atoms with Crippen LogP contribution < -0.4 is 0 Å². The van der Waals surface area contributed by atoms with Gasteiger partial charge in [-0.1, -0.05) is 48.0 Å². The van der Waals surface area contributed by atoms with E-state index in [1.807, 2.05) is 19.1 Å². The number of carbonyl (C=O) groups excluding carboxylic acids is 1. The number of aromatic amines is 1. The van der Waals surface area contributed by atoms with E-state index in [4.69, 9.17) is 0 Å². The van der Waals surface area contributed by atoms with E-state index in [2.05, 4.69) is 4.98 Å². The number of hydrogen-bond acceptors (Lipinski definition) is 2. The highest BCUT2D eigenvalue weighted by Crippen LogP contribution is 2.24. The zero-order valence-electron chi connectivity index (χ0n) is 11.4. The average Bonchev–Trinajstić information content (AvgIpc) is 2.86. The van der Waals surface area contributed by atoms with Crippen molar-refractivity contribution in [1.29, 1.82) is 0 Å². The van der Waals surface area contributed by atoms with E-state index in [1.54, 1.807) is 36.4 Å². The molecule has 1 aromatic heterocycles. The van der Waals surface area contributed by atoms with Crippen LogP contribution in [0.4, 0.5) is 0 Å². The van der Waals surface area contributed by atoms with Crippen molar-refractivity contribution < 1.29 is 14.7 Å². The number of hydrogen-bond donors (Lipinski definition) is 2. The van der Waals surface area contributed by atoms with Gasteiger partial charge in [-0.15, -0.1) is 0 Å². The lowest BCUT2D eigenvalue weighted by Gasteiger charge is -2.01. The molecule has 3 rings (SSSR count). The smallest absolute Gasteiger partial charge is 0.338 e. The SMILES string of the molecule is Cc1ccc(C(=O)c2[nH]c3ccccc3c2C(=O)O)cc1. The molecule has 4 heteroatoms. The summed E-state index contributed by atoms with van der Waals surface area (Å²) in [5.74, 6) is -1.42. The molecule has 0 atom stereocenters. The second kappa shape index (κ2) is 4.90. The van der Waals surface area contributed by atoms with Crippen LogP contribution in [-0.4, -0.2) is 21.8 Å². The van der Waals surface area contributed by atoms with Crippen molar-refractivity contribution in [3.63, 3.8) is 0 Å². The first kappa shape index (κ1) is 13.1. The first-order valence-corrected chi connectivity index (χ1v) is 6.53. The van der Waals surface area contributed by atoms with Crippen molar-refractivity contribution in [3.8, 4) is 0 Å². The first-order valence-electron chi connectivity index (χ1n) is 6.53. The van der Waals surface area contributed by atoms with Crippen molar-refractivity contribution in [2.24, 2.45) is 0 Å². The van der Waals surface area contributed by atoms with Gasteiger partial charge in [0.25, 0.3) is 0 Å². The molecule has 0 aliphatic carbocycles. The van der Waals surface area contributed by atoms with Crippen LogP contribution in [0.5, 0.6) is 0 Å². The summed E-state index contributed by atoms with van der Waals surface area (Å²) < 4.78 is 0. The normalized spacial score (nSPS) is 10.7. The fraction of sp³-hybridized carbons (Fsp3) is 0.0588. The highest BCUT2D eigenvalue weighted by atomic mass is 16.4. The second-order valence-corrected chi connectivity index (χ2v) is 4.92. The molecule has 21 heavy (non-hydrogen) atoms. The van der Waals surface area contributed by atoms with Crippen molar-refractivity contribution in [2.45, 2.75) is 6.92 Å². The molecule has 0 saturated carbocycles. The van der Waals surface area contributed by atoms with Gasteiger partial charge in [0.1, 0.15) is 5.69 Å². The molecule has 3 aromatic rings. The van der Waals surface area contributed by atoms with Gasteiger partial charge in [-0.25, -0.2) is 4.79 Å². The average molecular weight is 279 g/mol. The van der Waals surface area contributed by atoms with Gasteiger partial charge >= 0.3 is 5.97 Å². The third kappa shape index (κ3) is 2.21. The molecular formula is C17H13NO3. The van der Waals surface area contributed by atoms with Gasteiger partial charge in [0, 0.05) is 16.5 Å². The summed E-state index contributed by atoms with van der Waals surface area (Å²) in [6.45, 7) is 1.93. The van der Waals surface area contributed by atoms with Crippen LogP contribution in [0.2, 0.25) is 0 Å². The van der Waals surface area contributed by atoms with Crippen molar-refractivity contribution in [3.05, 3.63) is 70.9 Å². The standard InChI is InChI=1S/C17H13NO3/c1-10-6-8-11(9-7-10)16(19)15-14(17(20)21)12-4-2-3-5-13(12)18-15/h2-9,18H,1H3,(H,20,21). The third-order valence-corrected chi connectivity index (χ3v) is 3.46. The van der Waals surface area contributed by atoms with E-state index in [0.29, 0.717) is 16.5 Å². The van der Waals surface area contributed by atoms with E-state index in [9.17, 15) is 14.7 Å². The monoisotopic (exact) mass is 279 g/mol. The van der Waals surface area contributed by atoms with E-state index in [0.717, 1.165) is 5.56 Å². The lowest BCUT2D eigenvalue weighted by Crippen LogP contribution is -2.08. The summed E-state index contributed by atoms with van der Waals surface area (Å²) in [5, 5.41) is 9.96. The Kier molecular flexibility index (Phi) is 3.06. The molecule has 1 heterocycles. The van der Waals surface area contributed by atoms with E-state index >= 15 is 0 Å². The highest BCUT2D eigenvalue weighted by Gasteiger charge is 2.23. The van der Waals surface area contributed by atoms with E-state index < -0.39 is 5.97 Å². The number of aromatic nitrogens is 1. The van der Waals surface area contributed by atoms with Crippen LogP contribution in [0.3, 0.4) is 0 Å². The zero-order valence-corrected chi connectivity index (χ0v) is 11.4. The quantitative estimate of drug-likeness (QED) is 0.722. The van der Waals surface area contributed by atoms with Gasteiger partial charge in [0.05, 0.1) is 5.56 Å². The number of benzene rings is 2. The van der Waals surface area contributed by atoms with Gasteiger partial charge in [-0.3, -0.25) is 4.79 Å². The fourth-order valence-electron chi connectivity index (χ4n) is 2.38. The van der Waals surface area contributed by atoms with Crippen LogP contribution in [0.15, 0.2) is 48.5 Å². The molecule has 104 valence electrons. The van der Waals surface area contributed by atoms with E-state index in [1.165, 1.54) is 0 Å². The van der Waals surface area contributed by atoms with Crippen LogP contribution in [-0.2, 0) is 0 Å². The van der Waals surface area contributed by atoms with Crippen molar-refractivity contribution in [1.82, 2.24) is 4.98 Å². The van der Waals surface area contributed by atoms with Crippen LogP contribution >= 0.6 is 0 Å². The van der Waals surface area contributed by atoms with Crippen LogP contribution in [0.1, 0.15) is 32.0 Å². The number of aromatic carboxylic acids is 1. The number of ketones is 1. The van der Waals surface area contributed by atoms with Crippen LogP contribution in [0.25, 0.3) is 10.9 Å². The molecule has 4 nitrogen and oxygen atoms in total. The molecule has 2 aromatic carbocycles. The molecule has 0 bridgehead atoms. The van der Waals surface area contributed by atoms with Crippen molar-refractivity contribution >= 4 is 22.7 Å². The lowest BCUT2D eigenvalue weighted by molar-refractivity contribution is 0.0695. The Labute approximate surface area is 121 Å². The summed E-state index contributed by atoms with van der Waals surface area (Å²) in [4.78, 5) is 27.0. The fourth-order valence-corrected chi connectivity index (χ4v) is 2.38. The molecular weight excluding hydrogens is 266 g/mol. The number of carbonyl (C=O) groups is 2. The Bertz CT molecular complexity index is 844. The van der Waals surface area contributed by atoms with Crippen LogP contribution in [0, 0.1) is 6.92 Å². The third-order valence-electron chi connectivity index (χ3n) is 3.46. The van der Waals surface area contributed by atoms with E-state index in [-0.39, 0.29) is 17.0 Å². The Hall–Kier alpha value is -2.88. The molecule has 0 aliphatic rings. The number of aryl methyl sites for hydroxylation is 1. The molecule has 0 saturated heterocycles. The molecule has 0 radical (unpaired) electrons. The summed E-state index contributed by atoms with van der Waals surface area (Å²) in [6, 6.07) is 14.1. The second-order valence-electron chi connectivity index (χ2n) is 4.92. The topological polar surface area (TPSA) is 70.2 Å². The van der Waals surface area contributed by atoms with Gasteiger partial charge in [-0.05, 0) is 13.0 Å². The predicted octanol–water partition coefficient (Wildman–Crippen LogP) is 3.41. The Morgan fingerprint density at radius 2 is 1.67 bits per heavy atom. The Morgan fingerprint density at radius 1 is 1.00 bits per heavy atom. The van der Waals surface area contributed by atoms with Gasteiger partial charge in [0.2, 0.25) is 5.78 Å². The minimum Gasteiger partial charge on any atom is -0.478 e. The maximum absolute atomic E-state index is 12.6. The first-order chi connectivity index (χ1) is 10.1. The predicted molar refractivity (Wildman–Crippen MR) is 79.9 cm³/mol. The molecule has 0 spiro atoms. The number of carboxylic acids is 1. The van der Waals surface area contributed by atoms with Gasteiger partial charge < -0.3 is 10.1 Å². The number of nitrogens with one attached hydrogen (secondary N) is 1. The number of rotatable bonds is 3. The lowest BCUT2D eigenvalue weighted by atomic mass is 10.0. The molecule has 0 fully saturated rings. The summed E-state index contributed by atoms with van der Waals surface area (Å²) in [7, 11) is 0.